The number of rotatable bonds is 3. The van der Waals surface area contributed by atoms with Crippen molar-refractivity contribution >= 4 is 23.7 Å². The van der Waals surface area contributed by atoms with Gasteiger partial charge in [0.05, 0.1) is 0 Å². The molecule has 0 bridgehead atoms. The molecular weight excluding hydrogens is 428 g/mol. The molecule has 0 radical (unpaired) electrons. The minimum absolute atomic E-state index is 0.121. The molecule has 0 amide bonds. The standard InChI is InChI=1S/C26H28N2.2CO2/c1-19-10-14-24(15-11-19)27-18-21(3)22(4)28(25-16-12-20(2)13-17-25)26(27)23-8-6-5-7-9-23;2*2-1-3/h5-17,26H,18H2,1-4H3;;. The van der Waals surface area contributed by atoms with E-state index in [-0.39, 0.29) is 18.5 Å². The maximum Gasteiger partial charge on any atom is 0.373 e. The van der Waals surface area contributed by atoms with Gasteiger partial charge in [0.15, 0.2) is 0 Å². The highest BCUT2D eigenvalue weighted by Crippen LogP contribution is 2.41. The van der Waals surface area contributed by atoms with Crippen molar-refractivity contribution in [3.8, 4) is 0 Å². The number of benzene rings is 3. The van der Waals surface area contributed by atoms with Crippen LogP contribution in [0.4, 0.5) is 11.4 Å². The fraction of sp³-hybridized carbons (Fsp3) is 0.214. The topological polar surface area (TPSA) is 74.8 Å². The first kappa shape index (κ1) is 26.0. The van der Waals surface area contributed by atoms with E-state index in [0.717, 1.165) is 6.54 Å². The van der Waals surface area contributed by atoms with Gasteiger partial charge in [-0.15, -0.1) is 0 Å². The first-order chi connectivity index (χ1) is 16.4. The monoisotopic (exact) mass is 456 g/mol. The lowest BCUT2D eigenvalue weighted by molar-refractivity contribution is -0.193. The van der Waals surface area contributed by atoms with Crippen LogP contribution in [0.3, 0.4) is 0 Å². The van der Waals surface area contributed by atoms with Crippen LogP contribution in [0.2, 0.25) is 0 Å². The van der Waals surface area contributed by atoms with Crippen molar-refractivity contribution in [2.75, 3.05) is 16.3 Å². The largest absolute Gasteiger partial charge is 0.373 e. The molecule has 4 rings (SSSR count). The molecule has 1 unspecified atom stereocenters. The summed E-state index contributed by atoms with van der Waals surface area (Å²) in [4.78, 5) is 37.5. The van der Waals surface area contributed by atoms with Crippen molar-refractivity contribution in [1.82, 2.24) is 0 Å². The summed E-state index contributed by atoms with van der Waals surface area (Å²) in [6.45, 7) is 9.71. The molecular formula is C28H28N2O4. The molecule has 3 aromatic rings. The van der Waals surface area contributed by atoms with Gasteiger partial charge >= 0.3 is 12.3 Å². The number of hydrogen-bond acceptors (Lipinski definition) is 6. The van der Waals surface area contributed by atoms with Gasteiger partial charge in [-0.3, -0.25) is 0 Å². The molecule has 0 aromatic heterocycles. The summed E-state index contributed by atoms with van der Waals surface area (Å²) in [7, 11) is 0. The third-order valence-electron chi connectivity index (χ3n) is 5.70. The van der Waals surface area contributed by atoms with Crippen LogP contribution in [-0.4, -0.2) is 18.8 Å². The Balaban J connectivity index is 0.000000618. The zero-order valence-corrected chi connectivity index (χ0v) is 19.8. The van der Waals surface area contributed by atoms with Gasteiger partial charge in [0, 0.05) is 23.6 Å². The Kier molecular flexibility index (Phi) is 9.72. The summed E-state index contributed by atoms with van der Waals surface area (Å²) in [5, 5.41) is 0. The highest BCUT2D eigenvalue weighted by atomic mass is 16.2. The van der Waals surface area contributed by atoms with Gasteiger partial charge in [-0.2, -0.15) is 19.2 Å². The molecule has 3 aromatic carbocycles. The average Bonchev–Trinajstić information content (AvgIpc) is 2.83. The lowest BCUT2D eigenvalue weighted by Crippen LogP contribution is -2.46. The van der Waals surface area contributed by atoms with Crippen LogP contribution in [0.25, 0.3) is 0 Å². The summed E-state index contributed by atoms with van der Waals surface area (Å²) < 4.78 is 0. The highest BCUT2D eigenvalue weighted by molar-refractivity contribution is 5.63. The quantitative estimate of drug-likeness (QED) is 0.521. The predicted octanol–water partition coefficient (Wildman–Crippen LogP) is 5.46. The van der Waals surface area contributed by atoms with Gasteiger partial charge in [0.2, 0.25) is 0 Å². The summed E-state index contributed by atoms with van der Waals surface area (Å²) >= 11 is 0. The Morgan fingerprint density at radius 3 is 1.56 bits per heavy atom. The van der Waals surface area contributed by atoms with E-state index in [1.54, 1.807) is 0 Å². The first-order valence-electron chi connectivity index (χ1n) is 10.8. The van der Waals surface area contributed by atoms with E-state index in [2.05, 4.69) is 116 Å². The normalized spacial score (nSPS) is 14.6. The second kappa shape index (κ2) is 12.7. The van der Waals surface area contributed by atoms with Crippen LogP contribution >= 0.6 is 0 Å². The Bertz CT molecular complexity index is 1150. The van der Waals surface area contributed by atoms with Crippen LogP contribution in [0.5, 0.6) is 0 Å². The molecule has 34 heavy (non-hydrogen) atoms. The molecule has 0 fully saturated rings. The SMILES string of the molecule is CC1=C(C)N(c2ccc(C)cc2)C(c2ccccc2)N(c2ccc(C)cc2)C1.O=C=O.O=C=O. The number of carbonyl (C=O) groups excluding carboxylic acids is 4. The van der Waals surface area contributed by atoms with E-state index in [1.807, 2.05) is 0 Å². The fourth-order valence-corrected chi connectivity index (χ4v) is 3.95. The van der Waals surface area contributed by atoms with Gasteiger partial charge in [0.25, 0.3) is 0 Å². The van der Waals surface area contributed by atoms with Crippen LogP contribution in [0, 0.1) is 13.8 Å². The van der Waals surface area contributed by atoms with Crippen LogP contribution < -0.4 is 9.80 Å². The maximum absolute atomic E-state index is 8.12. The molecule has 1 aliphatic heterocycles. The number of hydrogen-bond donors (Lipinski definition) is 0. The number of allylic oxidation sites excluding steroid dienone is 1. The van der Waals surface area contributed by atoms with Crippen molar-refractivity contribution in [3.63, 3.8) is 0 Å². The molecule has 1 heterocycles. The first-order valence-corrected chi connectivity index (χ1v) is 10.8. The van der Waals surface area contributed by atoms with Gasteiger partial charge in [-0.1, -0.05) is 65.7 Å². The van der Waals surface area contributed by atoms with Crippen molar-refractivity contribution in [1.29, 1.82) is 0 Å². The average molecular weight is 457 g/mol. The number of aryl methyl sites for hydroxylation is 2. The molecule has 0 spiro atoms. The van der Waals surface area contributed by atoms with Crippen LogP contribution in [0.1, 0.15) is 36.7 Å². The maximum atomic E-state index is 8.12. The summed E-state index contributed by atoms with van der Waals surface area (Å²) in [6, 6.07) is 28.6. The number of nitrogens with zero attached hydrogens (tertiary/aromatic N) is 2. The number of anilines is 2. The van der Waals surface area contributed by atoms with Crippen molar-refractivity contribution < 1.29 is 19.2 Å². The molecule has 6 nitrogen and oxygen atoms in total. The van der Waals surface area contributed by atoms with Gasteiger partial charge in [-0.05, 0) is 63.1 Å². The Morgan fingerprint density at radius 2 is 1.09 bits per heavy atom. The zero-order chi connectivity index (χ0) is 25.1. The molecule has 1 aliphatic rings. The Labute approximate surface area is 200 Å². The van der Waals surface area contributed by atoms with E-state index >= 15 is 0 Å². The third-order valence-corrected chi connectivity index (χ3v) is 5.70. The summed E-state index contributed by atoms with van der Waals surface area (Å²) in [5.41, 5.74) is 9.09. The lowest BCUT2D eigenvalue weighted by atomic mass is 10.0. The highest BCUT2D eigenvalue weighted by Gasteiger charge is 2.33. The van der Waals surface area contributed by atoms with Crippen LogP contribution in [0.15, 0.2) is 90.1 Å². The van der Waals surface area contributed by atoms with Crippen molar-refractivity contribution in [2.45, 2.75) is 33.9 Å². The molecule has 6 heteroatoms. The molecule has 0 saturated heterocycles. The molecule has 174 valence electrons. The van der Waals surface area contributed by atoms with Gasteiger partial charge in [-0.25, -0.2) is 0 Å². The second-order valence-corrected chi connectivity index (χ2v) is 7.99. The predicted molar refractivity (Wildman–Crippen MR) is 130 cm³/mol. The smallest absolute Gasteiger partial charge is 0.343 e. The third kappa shape index (κ3) is 6.39. The zero-order valence-electron chi connectivity index (χ0n) is 19.8. The van der Waals surface area contributed by atoms with Crippen molar-refractivity contribution in [2.24, 2.45) is 0 Å². The minimum Gasteiger partial charge on any atom is -0.343 e. The molecule has 0 aliphatic carbocycles. The minimum atomic E-state index is 0.121. The summed E-state index contributed by atoms with van der Waals surface area (Å²) in [6.07, 6.45) is 0.621. The van der Waals surface area contributed by atoms with Gasteiger partial charge in [0.1, 0.15) is 6.17 Å². The fourth-order valence-electron chi connectivity index (χ4n) is 3.95. The van der Waals surface area contributed by atoms with Crippen molar-refractivity contribution in [3.05, 3.63) is 107 Å². The van der Waals surface area contributed by atoms with Crippen LogP contribution in [-0.2, 0) is 19.2 Å². The van der Waals surface area contributed by atoms with E-state index < -0.39 is 0 Å². The Hall–Kier alpha value is -4.24. The van der Waals surface area contributed by atoms with Gasteiger partial charge < -0.3 is 9.80 Å². The second-order valence-electron chi connectivity index (χ2n) is 7.99. The summed E-state index contributed by atoms with van der Waals surface area (Å²) in [5.74, 6) is 0. The molecule has 1 atom stereocenters. The van der Waals surface area contributed by atoms with E-state index in [4.69, 9.17) is 19.2 Å². The lowest BCUT2D eigenvalue weighted by Gasteiger charge is -2.47. The Morgan fingerprint density at radius 1 is 0.647 bits per heavy atom. The van der Waals surface area contributed by atoms with E-state index in [9.17, 15) is 0 Å². The molecule has 0 saturated carbocycles. The molecule has 0 N–H and O–H groups in total. The van der Waals surface area contributed by atoms with E-state index in [1.165, 1.54) is 39.3 Å². The van der Waals surface area contributed by atoms with E-state index in [0.29, 0.717) is 0 Å².